The van der Waals surface area contributed by atoms with Crippen LogP contribution in [0.25, 0.3) is 0 Å². The van der Waals surface area contributed by atoms with E-state index in [1.165, 1.54) is 0 Å². The van der Waals surface area contributed by atoms with Gasteiger partial charge >= 0.3 is 0 Å². The third kappa shape index (κ3) is 3.18. The molecule has 98 valence electrons. The highest BCUT2D eigenvalue weighted by Gasteiger charge is 2.21. The van der Waals surface area contributed by atoms with Crippen LogP contribution >= 0.6 is 0 Å². The fourth-order valence-corrected chi connectivity index (χ4v) is 1.82. The van der Waals surface area contributed by atoms with Gasteiger partial charge in [0.25, 0.3) is 0 Å². The van der Waals surface area contributed by atoms with Gasteiger partial charge in [0.05, 0.1) is 29.6 Å². The molecule has 0 bridgehead atoms. The fraction of sp³-hybridized carbons (Fsp3) is 0.500. The largest absolute Gasteiger partial charge is 0.347 e. The number of imidazole rings is 2. The molecule has 1 atom stereocenters. The van der Waals surface area contributed by atoms with Crippen LogP contribution < -0.4 is 11.1 Å². The number of rotatable bonds is 6. The second kappa shape index (κ2) is 5.32. The molecule has 0 radical (unpaired) electrons. The molecule has 6 nitrogen and oxygen atoms in total. The Kier molecular flexibility index (Phi) is 3.78. The van der Waals surface area contributed by atoms with Gasteiger partial charge < -0.3 is 20.6 Å². The number of hydrogen-bond acceptors (Lipinski definition) is 4. The van der Waals surface area contributed by atoms with Crippen molar-refractivity contribution in [3.8, 4) is 0 Å². The van der Waals surface area contributed by atoms with Crippen molar-refractivity contribution in [2.24, 2.45) is 12.8 Å². The number of aryl methyl sites for hydroxylation is 1. The number of aromatic amines is 1. The number of nitrogens with zero attached hydrogens (tertiary/aromatic N) is 3. The van der Waals surface area contributed by atoms with E-state index in [-0.39, 0.29) is 0 Å². The Bertz CT molecular complexity index is 470. The van der Waals surface area contributed by atoms with Crippen molar-refractivity contribution in [2.75, 3.05) is 13.1 Å². The molecule has 0 aliphatic carbocycles. The van der Waals surface area contributed by atoms with Crippen molar-refractivity contribution >= 4 is 0 Å². The third-order valence-electron chi connectivity index (χ3n) is 2.92. The molecular formula is C12H20N6. The number of aromatic nitrogens is 4. The summed E-state index contributed by atoms with van der Waals surface area (Å²) >= 11 is 0. The lowest BCUT2D eigenvalue weighted by Crippen LogP contribution is -2.44. The first-order valence-electron chi connectivity index (χ1n) is 6.03. The van der Waals surface area contributed by atoms with E-state index < -0.39 is 5.54 Å². The van der Waals surface area contributed by atoms with Gasteiger partial charge in [-0.05, 0) is 6.92 Å². The summed E-state index contributed by atoms with van der Waals surface area (Å²) in [6, 6.07) is 0. The normalized spacial score (nSPS) is 14.6. The molecule has 0 aliphatic rings. The van der Waals surface area contributed by atoms with E-state index in [0.29, 0.717) is 6.54 Å². The minimum Gasteiger partial charge on any atom is -0.347 e. The van der Waals surface area contributed by atoms with Crippen molar-refractivity contribution in [1.29, 1.82) is 0 Å². The van der Waals surface area contributed by atoms with Crippen molar-refractivity contribution in [3.05, 3.63) is 36.4 Å². The Balaban J connectivity index is 1.75. The highest BCUT2D eigenvalue weighted by molar-refractivity contribution is 5.09. The standard InChI is InChI=1S/C12H20N6/c1-12(13,11-5-15-8-16-11)7-14-4-3-10-6-18(2)9-17-10/h5-6,8-9,14H,3-4,7,13H2,1-2H3,(H,15,16). The Morgan fingerprint density at radius 3 is 3.00 bits per heavy atom. The molecule has 0 aliphatic heterocycles. The molecule has 1 unspecified atom stereocenters. The first kappa shape index (κ1) is 12.8. The average Bonchev–Trinajstić information content (AvgIpc) is 2.95. The van der Waals surface area contributed by atoms with Gasteiger partial charge in [0.2, 0.25) is 0 Å². The van der Waals surface area contributed by atoms with Crippen LogP contribution in [-0.2, 0) is 19.0 Å². The fourth-order valence-electron chi connectivity index (χ4n) is 1.82. The minimum absolute atomic E-state index is 0.430. The predicted octanol–water partition coefficient (Wildman–Crippen LogP) is 0.149. The maximum atomic E-state index is 6.21. The second-order valence-electron chi connectivity index (χ2n) is 4.84. The molecular weight excluding hydrogens is 228 g/mol. The van der Waals surface area contributed by atoms with Gasteiger partial charge in [-0.25, -0.2) is 9.97 Å². The van der Waals surface area contributed by atoms with Crippen LogP contribution in [0.2, 0.25) is 0 Å². The predicted molar refractivity (Wildman–Crippen MR) is 69.9 cm³/mol. The molecule has 4 N–H and O–H groups in total. The summed E-state index contributed by atoms with van der Waals surface area (Å²) in [4.78, 5) is 11.3. The van der Waals surface area contributed by atoms with Crippen molar-refractivity contribution in [3.63, 3.8) is 0 Å². The van der Waals surface area contributed by atoms with E-state index in [2.05, 4.69) is 20.3 Å². The van der Waals surface area contributed by atoms with E-state index >= 15 is 0 Å². The molecule has 2 rings (SSSR count). The smallest absolute Gasteiger partial charge is 0.0946 e. The molecule has 2 heterocycles. The van der Waals surface area contributed by atoms with E-state index in [0.717, 1.165) is 24.4 Å². The molecule has 0 aromatic carbocycles. The SMILES string of the molecule is Cn1cnc(CCNCC(C)(N)c2cnc[nH]2)c1. The van der Waals surface area contributed by atoms with E-state index in [1.54, 1.807) is 12.5 Å². The molecule has 0 saturated heterocycles. The van der Waals surface area contributed by atoms with Crippen LogP contribution in [0, 0.1) is 0 Å². The van der Waals surface area contributed by atoms with Crippen molar-refractivity contribution in [1.82, 2.24) is 24.8 Å². The molecule has 0 saturated carbocycles. The third-order valence-corrected chi connectivity index (χ3v) is 2.92. The van der Waals surface area contributed by atoms with Crippen molar-refractivity contribution in [2.45, 2.75) is 18.9 Å². The first-order chi connectivity index (χ1) is 8.58. The Hall–Kier alpha value is -1.66. The van der Waals surface area contributed by atoms with Crippen LogP contribution in [0.3, 0.4) is 0 Å². The Labute approximate surface area is 107 Å². The van der Waals surface area contributed by atoms with Gasteiger partial charge in [0.1, 0.15) is 0 Å². The molecule has 0 spiro atoms. The Morgan fingerprint density at radius 2 is 2.39 bits per heavy atom. The topological polar surface area (TPSA) is 84.6 Å². The number of nitrogens with two attached hydrogens (primary N) is 1. The summed E-state index contributed by atoms with van der Waals surface area (Å²) in [5, 5.41) is 3.35. The quantitative estimate of drug-likeness (QED) is 0.635. The van der Waals surface area contributed by atoms with Crippen LogP contribution in [0.5, 0.6) is 0 Å². The van der Waals surface area contributed by atoms with E-state index in [4.69, 9.17) is 5.73 Å². The number of hydrogen-bond donors (Lipinski definition) is 3. The van der Waals surface area contributed by atoms with E-state index in [9.17, 15) is 0 Å². The van der Waals surface area contributed by atoms with Gasteiger partial charge in [-0.15, -0.1) is 0 Å². The zero-order chi connectivity index (χ0) is 13.0. The van der Waals surface area contributed by atoms with Crippen LogP contribution in [0.15, 0.2) is 25.0 Å². The summed E-state index contributed by atoms with van der Waals surface area (Å²) in [5.74, 6) is 0. The number of nitrogens with one attached hydrogen (secondary N) is 2. The molecule has 2 aromatic heterocycles. The lowest BCUT2D eigenvalue weighted by Gasteiger charge is -2.23. The minimum atomic E-state index is -0.430. The van der Waals surface area contributed by atoms with Gasteiger partial charge in [-0.2, -0.15) is 0 Å². The van der Waals surface area contributed by atoms with Gasteiger partial charge in [0.15, 0.2) is 0 Å². The summed E-state index contributed by atoms with van der Waals surface area (Å²) in [7, 11) is 1.97. The van der Waals surface area contributed by atoms with Crippen molar-refractivity contribution < 1.29 is 0 Å². The average molecular weight is 248 g/mol. The second-order valence-corrected chi connectivity index (χ2v) is 4.84. The molecule has 2 aromatic rings. The zero-order valence-corrected chi connectivity index (χ0v) is 10.8. The van der Waals surface area contributed by atoms with Gasteiger partial charge in [0, 0.05) is 39.0 Å². The maximum Gasteiger partial charge on any atom is 0.0946 e. The van der Waals surface area contributed by atoms with Crippen LogP contribution in [-0.4, -0.2) is 32.6 Å². The highest BCUT2D eigenvalue weighted by atomic mass is 15.0. The zero-order valence-electron chi connectivity index (χ0n) is 10.8. The highest BCUT2D eigenvalue weighted by Crippen LogP contribution is 2.12. The van der Waals surface area contributed by atoms with Crippen LogP contribution in [0.1, 0.15) is 18.3 Å². The summed E-state index contributed by atoms with van der Waals surface area (Å²) < 4.78 is 1.95. The van der Waals surface area contributed by atoms with Crippen LogP contribution in [0.4, 0.5) is 0 Å². The number of H-pyrrole nitrogens is 1. The Morgan fingerprint density at radius 1 is 1.56 bits per heavy atom. The lowest BCUT2D eigenvalue weighted by atomic mass is 10.0. The summed E-state index contributed by atoms with van der Waals surface area (Å²) in [6.45, 7) is 3.54. The molecule has 18 heavy (non-hydrogen) atoms. The summed E-state index contributed by atoms with van der Waals surface area (Å²) in [5.41, 5.74) is 7.81. The van der Waals surface area contributed by atoms with Gasteiger partial charge in [-0.1, -0.05) is 0 Å². The summed E-state index contributed by atoms with van der Waals surface area (Å²) in [6.07, 6.45) is 8.15. The first-order valence-corrected chi connectivity index (χ1v) is 6.03. The maximum absolute atomic E-state index is 6.21. The molecule has 0 amide bonds. The van der Waals surface area contributed by atoms with E-state index in [1.807, 2.05) is 31.1 Å². The molecule has 6 heteroatoms. The molecule has 0 fully saturated rings. The monoisotopic (exact) mass is 248 g/mol. The lowest BCUT2D eigenvalue weighted by molar-refractivity contribution is 0.438. The van der Waals surface area contributed by atoms with Gasteiger partial charge in [-0.3, -0.25) is 0 Å².